The molecule has 1 aliphatic heterocycles. The zero-order valence-electron chi connectivity index (χ0n) is 14.0. The Morgan fingerprint density at radius 3 is 2.50 bits per heavy atom. The maximum Gasteiger partial charge on any atom is 0.416 e. The van der Waals surface area contributed by atoms with E-state index < -0.39 is 11.7 Å². The van der Waals surface area contributed by atoms with Gasteiger partial charge >= 0.3 is 6.18 Å². The SMILES string of the molecule is O=C(CCc1cnccn1)N1CCN(c2cc(C(F)(F)F)ccn2)CC1. The number of alkyl halides is 3. The van der Waals surface area contributed by atoms with Crippen molar-refractivity contribution in [2.75, 3.05) is 31.1 Å². The molecular weight excluding hydrogens is 347 g/mol. The Kier molecular flexibility index (Phi) is 5.34. The Morgan fingerprint density at radius 1 is 1.08 bits per heavy atom. The number of amides is 1. The number of piperazine rings is 1. The van der Waals surface area contributed by atoms with E-state index in [2.05, 4.69) is 15.0 Å². The number of aromatic nitrogens is 3. The van der Waals surface area contributed by atoms with Gasteiger partial charge in [-0.05, 0) is 18.6 Å². The van der Waals surface area contributed by atoms with Crippen molar-refractivity contribution in [3.63, 3.8) is 0 Å². The number of pyridine rings is 1. The van der Waals surface area contributed by atoms with Crippen LogP contribution in [0, 0.1) is 0 Å². The zero-order valence-corrected chi connectivity index (χ0v) is 14.0. The minimum absolute atomic E-state index is 0.00676. The van der Waals surface area contributed by atoms with E-state index in [1.165, 1.54) is 0 Å². The van der Waals surface area contributed by atoms with Gasteiger partial charge in [-0.25, -0.2) is 4.98 Å². The van der Waals surface area contributed by atoms with Crippen LogP contribution in [-0.4, -0.2) is 51.9 Å². The van der Waals surface area contributed by atoms with Crippen LogP contribution in [-0.2, 0) is 17.4 Å². The summed E-state index contributed by atoms with van der Waals surface area (Å²) in [6.45, 7) is 1.81. The molecule has 1 fully saturated rings. The van der Waals surface area contributed by atoms with Crippen LogP contribution in [0.1, 0.15) is 17.7 Å². The highest BCUT2D eigenvalue weighted by Crippen LogP contribution is 2.30. The molecule has 2 aromatic heterocycles. The van der Waals surface area contributed by atoms with Crippen molar-refractivity contribution in [3.05, 3.63) is 48.2 Å². The molecular formula is C17H18F3N5O. The van der Waals surface area contributed by atoms with Crippen molar-refractivity contribution in [1.29, 1.82) is 0 Å². The number of anilines is 1. The number of hydrogen-bond donors (Lipinski definition) is 0. The van der Waals surface area contributed by atoms with Gasteiger partial charge in [0.05, 0.1) is 11.3 Å². The van der Waals surface area contributed by atoms with E-state index in [0.717, 1.165) is 24.0 Å². The first-order valence-corrected chi connectivity index (χ1v) is 8.24. The molecule has 0 spiro atoms. The molecule has 1 saturated heterocycles. The van der Waals surface area contributed by atoms with Crippen LogP contribution >= 0.6 is 0 Å². The van der Waals surface area contributed by atoms with Crippen LogP contribution in [0.5, 0.6) is 0 Å². The molecule has 9 heteroatoms. The van der Waals surface area contributed by atoms with Gasteiger partial charge in [-0.3, -0.25) is 14.8 Å². The fraction of sp³-hybridized carbons (Fsp3) is 0.412. The molecule has 6 nitrogen and oxygen atoms in total. The van der Waals surface area contributed by atoms with E-state index in [1.54, 1.807) is 28.4 Å². The highest BCUT2D eigenvalue weighted by molar-refractivity contribution is 5.76. The van der Waals surface area contributed by atoms with Gasteiger partial charge in [-0.1, -0.05) is 0 Å². The summed E-state index contributed by atoms with van der Waals surface area (Å²) in [5.74, 6) is 0.291. The van der Waals surface area contributed by atoms with Crippen LogP contribution in [0.3, 0.4) is 0 Å². The summed E-state index contributed by atoms with van der Waals surface area (Å²) in [6.07, 6.45) is 2.41. The highest BCUT2D eigenvalue weighted by Gasteiger charge is 2.31. The Bertz CT molecular complexity index is 746. The van der Waals surface area contributed by atoms with E-state index in [0.29, 0.717) is 39.0 Å². The van der Waals surface area contributed by atoms with Gasteiger partial charge in [0.25, 0.3) is 0 Å². The zero-order chi connectivity index (χ0) is 18.6. The molecule has 0 bridgehead atoms. The quantitative estimate of drug-likeness (QED) is 0.831. The number of nitrogens with zero attached hydrogens (tertiary/aromatic N) is 5. The topological polar surface area (TPSA) is 62.2 Å². The van der Waals surface area contributed by atoms with Crippen LogP contribution in [0.15, 0.2) is 36.9 Å². The van der Waals surface area contributed by atoms with Crippen LogP contribution in [0.2, 0.25) is 0 Å². The van der Waals surface area contributed by atoms with Crippen LogP contribution in [0.4, 0.5) is 19.0 Å². The number of halogens is 3. The minimum atomic E-state index is -4.39. The van der Waals surface area contributed by atoms with Gasteiger partial charge < -0.3 is 9.80 Å². The number of rotatable bonds is 4. The Hall–Kier alpha value is -2.71. The molecule has 0 aliphatic carbocycles. The largest absolute Gasteiger partial charge is 0.416 e. The standard InChI is InChI=1S/C17H18F3N5O/c18-17(19,20)13-3-4-23-15(11-13)24-7-9-25(10-8-24)16(26)2-1-14-12-21-5-6-22-14/h3-6,11-12H,1-2,7-10H2. The second kappa shape index (κ2) is 7.67. The lowest BCUT2D eigenvalue weighted by molar-refractivity contribution is -0.137. The maximum absolute atomic E-state index is 12.8. The fourth-order valence-electron chi connectivity index (χ4n) is 2.80. The van der Waals surface area contributed by atoms with Crippen molar-refractivity contribution in [2.45, 2.75) is 19.0 Å². The molecule has 138 valence electrons. The molecule has 0 N–H and O–H groups in total. The van der Waals surface area contributed by atoms with Crippen molar-refractivity contribution in [2.24, 2.45) is 0 Å². The van der Waals surface area contributed by atoms with E-state index in [4.69, 9.17) is 0 Å². The lowest BCUT2D eigenvalue weighted by atomic mass is 10.2. The van der Waals surface area contributed by atoms with Gasteiger partial charge in [0.1, 0.15) is 5.82 Å². The monoisotopic (exact) mass is 365 g/mol. The molecule has 26 heavy (non-hydrogen) atoms. The lowest BCUT2D eigenvalue weighted by Gasteiger charge is -2.35. The predicted molar refractivity (Wildman–Crippen MR) is 88.4 cm³/mol. The molecule has 2 aromatic rings. The first kappa shape index (κ1) is 18.1. The van der Waals surface area contributed by atoms with Crippen molar-refractivity contribution in [3.8, 4) is 0 Å². The van der Waals surface area contributed by atoms with Gasteiger partial charge in [0.2, 0.25) is 5.91 Å². The molecule has 3 heterocycles. The van der Waals surface area contributed by atoms with Gasteiger partial charge in [-0.2, -0.15) is 13.2 Å². The minimum Gasteiger partial charge on any atom is -0.353 e. The molecule has 0 unspecified atom stereocenters. The number of carbonyl (C=O) groups excluding carboxylic acids is 1. The maximum atomic E-state index is 12.8. The van der Waals surface area contributed by atoms with Gasteiger partial charge in [0, 0.05) is 57.4 Å². The fourth-order valence-corrected chi connectivity index (χ4v) is 2.80. The number of carbonyl (C=O) groups is 1. The third-order valence-electron chi connectivity index (χ3n) is 4.24. The summed E-state index contributed by atoms with van der Waals surface area (Å²) in [6, 6.07) is 2.00. The second-order valence-corrected chi connectivity index (χ2v) is 5.97. The van der Waals surface area contributed by atoms with Crippen molar-refractivity contribution < 1.29 is 18.0 Å². The highest BCUT2D eigenvalue weighted by atomic mass is 19.4. The van der Waals surface area contributed by atoms with Crippen molar-refractivity contribution >= 4 is 11.7 Å². The normalized spacial score (nSPS) is 15.2. The summed E-state index contributed by atoms with van der Waals surface area (Å²) >= 11 is 0. The smallest absolute Gasteiger partial charge is 0.353 e. The third-order valence-corrected chi connectivity index (χ3v) is 4.24. The molecule has 0 radical (unpaired) electrons. The van der Waals surface area contributed by atoms with Gasteiger partial charge in [-0.15, -0.1) is 0 Å². The lowest BCUT2D eigenvalue weighted by Crippen LogP contribution is -2.49. The van der Waals surface area contributed by atoms with Crippen LogP contribution < -0.4 is 4.90 Å². The molecule has 1 aliphatic rings. The first-order valence-electron chi connectivity index (χ1n) is 8.24. The van der Waals surface area contributed by atoms with E-state index in [1.807, 2.05) is 0 Å². The summed E-state index contributed by atoms with van der Waals surface area (Å²) in [5, 5.41) is 0. The summed E-state index contributed by atoms with van der Waals surface area (Å²) < 4.78 is 38.5. The predicted octanol–water partition coefficient (Wildman–Crippen LogP) is 2.17. The average molecular weight is 365 g/mol. The molecule has 0 atom stereocenters. The molecule has 0 saturated carbocycles. The van der Waals surface area contributed by atoms with Gasteiger partial charge in [0.15, 0.2) is 0 Å². The first-order chi connectivity index (χ1) is 12.4. The average Bonchev–Trinajstić information content (AvgIpc) is 2.66. The Morgan fingerprint density at radius 2 is 1.85 bits per heavy atom. The molecule has 3 rings (SSSR count). The molecule has 1 amide bonds. The molecule has 0 aromatic carbocycles. The van der Waals surface area contributed by atoms with E-state index >= 15 is 0 Å². The second-order valence-electron chi connectivity index (χ2n) is 5.97. The summed E-state index contributed by atoms with van der Waals surface area (Å²) in [5.41, 5.74) is 0.0395. The Balaban J connectivity index is 1.53. The van der Waals surface area contributed by atoms with Crippen LogP contribution in [0.25, 0.3) is 0 Å². The van der Waals surface area contributed by atoms with E-state index in [9.17, 15) is 18.0 Å². The summed E-state index contributed by atoms with van der Waals surface area (Å²) in [4.78, 5) is 27.9. The van der Waals surface area contributed by atoms with Crippen molar-refractivity contribution in [1.82, 2.24) is 19.9 Å². The van der Waals surface area contributed by atoms with E-state index in [-0.39, 0.29) is 11.7 Å². The number of hydrogen-bond acceptors (Lipinski definition) is 5. The number of aryl methyl sites for hydroxylation is 1. The third kappa shape index (κ3) is 4.47. The Labute approximate surface area is 148 Å². The summed E-state index contributed by atoms with van der Waals surface area (Å²) in [7, 11) is 0.